The fourth-order valence-corrected chi connectivity index (χ4v) is 4.58. The van der Waals surface area contributed by atoms with E-state index in [-0.39, 0.29) is 16.5 Å². The minimum absolute atomic E-state index is 0.00750. The molecule has 2 heterocycles. The van der Waals surface area contributed by atoms with Gasteiger partial charge in [-0.15, -0.1) is 0 Å². The SMILES string of the molecule is N#Cc1cc(S(=O)(=O)N2CCN3CCC[C@@H]3C2)ccc1F. The van der Waals surface area contributed by atoms with Crippen molar-refractivity contribution in [2.24, 2.45) is 0 Å². The highest BCUT2D eigenvalue weighted by molar-refractivity contribution is 7.89. The third-order valence-corrected chi connectivity index (χ3v) is 6.11. The molecule has 0 saturated carbocycles. The smallest absolute Gasteiger partial charge is 0.243 e. The lowest BCUT2D eigenvalue weighted by molar-refractivity contribution is 0.158. The van der Waals surface area contributed by atoms with Gasteiger partial charge in [0, 0.05) is 25.7 Å². The van der Waals surface area contributed by atoms with Gasteiger partial charge in [0.15, 0.2) is 0 Å². The van der Waals surface area contributed by atoms with Crippen LogP contribution in [0, 0.1) is 17.1 Å². The van der Waals surface area contributed by atoms with E-state index in [1.807, 2.05) is 0 Å². The van der Waals surface area contributed by atoms with E-state index >= 15 is 0 Å². The van der Waals surface area contributed by atoms with Crippen LogP contribution in [0.15, 0.2) is 23.1 Å². The third kappa shape index (κ3) is 2.55. The minimum Gasteiger partial charge on any atom is -0.298 e. The molecule has 21 heavy (non-hydrogen) atoms. The van der Waals surface area contributed by atoms with Crippen molar-refractivity contribution in [3.63, 3.8) is 0 Å². The largest absolute Gasteiger partial charge is 0.298 e. The number of halogens is 1. The van der Waals surface area contributed by atoms with Crippen LogP contribution in [0.25, 0.3) is 0 Å². The average Bonchev–Trinajstić information content (AvgIpc) is 2.94. The quantitative estimate of drug-likeness (QED) is 0.822. The Bertz CT molecular complexity index is 699. The first-order valence-corrected chi connectivity index (χ1v) is 8.40. The van der Waals surface area contributed by atoms with Gasteiger partial charge in [-0.3, -0.25) is 4.90 Å². The number of sulfonamides is 1. The summed E-state index contributed by atoms with van der Waals surface area (Å²) < 4.78 is 40.1. The zero-order chi connectivity index (χ0) is 15.0. The highest BCUT2D eigenvalue weighted by Crippen LogP contribution is 2.26. The van der Waals surface area contributed by atoms with Crippen molar-refractivity contribution in [3.8, 4) is 6.07 Å². The van der Waals surface area contributed by atoms with Gasteiger partial charge in [0.25, 0.3) is 0 Å². The van der Waals surface area contributed by atoms with E-state index in [9.17, 15) is 12.8 Å². The number of nitriles is 1. The van der Waals surface area contributed by atoms with Crippen molar-refractivity contribution >= 4 is 10.0 Å². The molecular weight excluding hydrogens is 293 g/mol. The van der Waals surface area contributed by atoms with Crippen LogP contribution < -0.4 is 0 Å². The molecule has 2 saturated heterocycles. The molecular formula is C14H16FN3O2S. The Labute approximate surface area is 123 Å². The molecule has 2 aliphatic heterocycles. The Kier molecular flexibility index (Phi) is 3.69. The van der Waals surface area contributed by atoms with Gasteiger partial charge in [-0.2, -0.15) is 9.57 Å². The summed E-state index contributed by atoms with van der Waals surface area (Å²) in [6.07, 6.45) is 2.12. The summed E-state index contributed by atoms with van der Waals surface area (Å²) in [5.74, 6) is -0.697. The lowest BCUT2D eigenvalue weighted by atomic mass is 10.2. The number of hydrogen-bond donors (Lipinski definition) is 0. The van der Waals surface area contributed by atoms with Gasteiger partial charge >= 0.3 is 0 Å². The molecule has 5 nitrogen and oxygen atoms in total. The minimum atomic E-state index is -3.66. The van der Waals surface area contributed by atoms with Crippen molar-refractivity contribution in [2.75, 3.05) is 26.2 Å². The first-order chi connectivity index (χ1) is 10.0. The molecule has 0 aromatic heterocycles. The molecule has 7 heteroatoms. The second-order valence-corrected chi connectivity index (χ2v) is 7.39. The molecule has 0 radical (unpaired) electrons. The van der Waals surface area contributed by atoms with Gasteiger partial charge in [0.1, 0.15) is 11.9 Å². The standard InChI is InChI=1S/C14H16FN3O2S/c15-14-4-3-13(8-11(14)9-16)21(19,20)18-7-6-17-5-1-2-12(17)10-18/h3-4,8,12H,1-2,5-7,10H2/t12-/m1/s1. The van der Waals surface area contributed by atoms with Gasteiger partial charge in [-0.25, -0.2) is 12.8 Å². The van der Waals surface area contributed by atoms with E-state index in [1.54, 1.807) is 6.07 Å². The lowest BCUT2D eigenvalue weighted by Gasteiger charge is -2.36. The maximum absolute atomic E-state index is 13.3. The van der Waals surface area contributed by atoms with E-state index in [0.717, 1.165) is 38.1 Å². The Morgan fingerprint density at radius 1 is 1.29 bits per heavy atom. The number of fused-ring (bicyclic) bond motifs is 1. The van der Waals surface area contributed by atoms with E-state index in [2.05, 4.69) is 4.90 Å². The maximum Gasteiger partial charge on any atom is 0.243 e. The first-order valence-electron chi connectivity index (χ1n) is 6.96. The second kappa shape index (κ2) is 5.37. The van der Waals surface area contributed by atoms with Gasteiger partial charge in [0.2, 0.25) is 10.0 Å². The fourth-order valence-electron chi connectivity index (χ4n) is 3.08. The molecule has 1 aromatic rings. The highest BCUT2D eigenvalue weighted by atomic mass is 32.2. The molecule has 2 fully saturated rings. The van der Waals surface area contributed by atoms with Crippen molar-refractivity contribution in [3.05, 3.63) is 29.6 Å². The summed E-state index contributed by atoms with van der Waals surface area (Å²) in [7, 11) is -3.66. The topological polar surface area (TPSA) is 64.4 Å². The molecule has 0 aliphatic carbocycles. The summed E-state index contributed by atoms with van der Waals surface area (Å²) in [6.45, 7) is 2.68. The number of piperazine rings is 1. The second-order valence-electron chi connectivity index (χ2n) is 5.45. The molecule has 0 N–H and O–H groups in total. The Hall–Kier alpha value is -1.49. The third-order valence-electron chi connectivity index (χ3n) is 4.25. The van der Waals surface area contributed by atoms with Gasteiger partial charge < -0.3 is 0 Å². The Morgan fingerprint density at radius 3 is 2.86 bits per heavy atom. The summed E-state index contributed by atoms with van der Waals surface area (Å²) in [6, 6.07) is 5.35. The number of nitrogens with zero attached hydrogens (tertiary/aromatic N) is 3. The number of rotatable bonds is 2. The monoisotopic (exact) mass is 309 g/mol. The molecule has 0 unspecified atom stereocenters. The zero-order valence-corrected chi connectivity index (χ0v) is 12.3. The maximum atomic E-state index is 13.3. The van der Waals surface area contributed by atoms with Crippen LogP contribution in [0.2, 0.25) is 0 Å². The Balaban J connectivity index is 1.88. The predicted octanol–water partition coefficient (Wildman–Crippen LogP) is 1.17. The molecule has 1 atom stereocenters. The predicted molar refractivity (Wildman–Crippen MR) is 74.5 cm³/mol. The van der Waals surface area contributed by atoms with Crippen molar-refractivity contribution in [2.45, 2.75) is 23.8 Å². The Morgan fingerprint density at radius 2 is 2.10 bits per heavy atom. The molecule has 1 aromatic carbocycles. The van der Waals surface area contributed by atoms with Crippen LogP contribution >= 0.6 is 0 Å². The van der Waals surface area contributed by atoms with E-state index < -0.39 is 15.8 Å². The van der Waals surface area contributed by atoms with Crippen LogP contribution in [-0.4, -0.2) is 49.8 Å². The van der Waals surface area contributed by atoms with Crippen LogP contribution in [-0.2, 0) is 10.0 Å². The molecule has 3 rings (SSSR count). The molecule has 0 amide bonds. The highest BCUT2D eigenvalue weighted by Gasteiger charge is 2.36. The van der Waals surface area contributed by atoms with Crippen molar-refractivity contribution in [1.82, 2.24) is 9.21 Å². The molecule has 112 valence electrons. The summed E-state index contributed by atoms with van der Waals surface area (Å²) >= 11 is 0. The molecule has 0 bridgehead atoms. The van der Waals surface area contributed by atoms with E-state index in [1.165, 1.54) is 10.4 Å². The van der Waals surface area contributed by atoms with Crippen LogP contribution in [0.4, 0.5) is 4.39 Å². The zero-order valence-electron chi connectivity index (χ0n) is 11.5. The lowest BCUT2D eigenvalue weighted by Crippen LogP contribution is -2.51. The molecule has 0 spiro atoms. The van der Waals surface area contributed by atoms with Gasteiger partial charge in [-0.1, -0.05) is 0 Å². The number of hydrogen-bond acceptors (Lipinski definition) is 4. The fraction of sp³-hybridized carbons (Fsp3) is 0.500. The number of benzene rings is 1. The van der Waals surface area contributed by atoms with Crippen LogP contribution in [0.3, 0.4) is 0 Å². The van der Waals surface area contributed by atoms with Crippen LogP contribution in [0.1, 0.15) is 18.4 Å². The van der Waals surface area contributed by atoms with Crippen molar-refractivity contribution in [1.29, 1.82) is 5.26 Å². The summed E-state index contributed by atoms with van der Waals surface area (Å²) in [5, 5.41) is 8.84. The molecule has 2 aliphatic rings. The summed E-state index contributed by atoms with van der Waals surface area (Å²) in [5.41, 5.74) is -0.240. The van der Waals surface area contributed by atoms with E-state index in [4.69, 9.17) is 5.26 Å². The van der Waals surface area contributed by atoms with Gasteiger partial charge in [0.05, 0.1) is 10.5 Å². The first kappa shape index (κ1) is 14.4. The van der Waals surface area contributed by atoms with Gasteiger partial charge in [-0.05, 0) is 37.6 Å². The van der Waals surface area contributed by atoms with E-state index in [0.29, 0.717) is 13.1 Å². The van der Waals surface area contributed by atoms with Crippen LogP contribution in [0.5, 0.6) is 0 Å². The normalized spacial score (nSPS) is 23.7. The summed E-state index contributed by atoms with van der Waals surface area (Å²) in [4.78, 5) is 2.31. The van der Waals surface area contributed by atoms with Crippen molar-refractivity contribution < 1.29 is 12.8 Å². The average molecular weight is 309 g/mol.